The molecule has 88 valence electrons. The number of nitrogens with zero attached hydrogens (tertiary/aromatic N) is 1. The Balaban J connectivity index is 3.78. The first-order chi connectivity index (χ1) is 6.83. The molecule has 15 heavy (non-hydrogen) atoms. The summed E-state index contributed by atoms with van der Waals surface area (Å²) in [4.78, 5) is 0. The average Bonchev–Trinajstić information content (AvgIpc) is 2.13. The lowest BCUT2D eigenvalue weighted by atomic mass is 9.89. The minimum absolute atomic E-state index is 0.0641. The molecule has 0 saturated carbocycles. The van der Waals surface area contributed by atoms with Crippen molar-refractivity contribution < 1.29 is 8.42 Å². The number of nitrogens with two attached hydrogens (primary N) is 1. The summed E-state index contributed by atoms with van der Waals surface area (Å²) in [5.41, 5.74) is 4.84. The van der Waals surface area contributed by atoms with Gasteiger partial charge in [-0.05, 0) is 26.7 Å². The largest absolute Gasteiger partial charge is 0.329 e. The Labute approximate surface area is 92.4 Å². The first-order valence-corrected chi connectivity index (χ1v) is 6.97. The maximum Gasteiger partial charge on any atom is 0.151 e. The highest BCUT2D eigenvalue weighted by molar-refractivity contribution is 7.91. The summed E-state index contributed by atoms with van der Waals surface area (Å²) in [5, 5.41) is 8.75. The van der Waals surface area contributed by atoms with E-state index in [4.69, 9.17) is 11.0 Å². The van der Waals surface area contributed by atoms with E-state index in [-0.39, 0.29) is 23.5 Å². The van der Waals surface area contributed by atoms with Crippen molar-refractivity contribution in [3.05, 3.63) is 0 Å². The van der Waals surface area contributed by atoms with Crippen LogP contribution in [-0.4, -0.2) is 26.5 Å². The van der Waals surface area contributed by atoms with E-state index in [1.165, 1.54) is 0 Å². The van der Waals surface area contributed by atoms with Crippen LogP contribution < -0.4 is 5.73 Å². The maximum atomic E-state index is 11.3. The van der Waals surface area contributed by atoms with E-state index < -0.39 is 9.84 Å². The molecule has 5 heteroatoms. The van der Waals surface area contributed by atoms with Crippen molar-refractivity contribution in [2.45, 2.75) is 33.1 Å². The number of rotatable bonds is 7. The molecule has 0 heterocycles. The van der Waals surface area contributed by atoms with Crippen molar-refractivity contribution in [1.82, 2.24) is 0 Å². The van der Waals surface area contributed by atoms with Crippen LogP contribution in [0.1, 0.15) is 33.1 Å². The molecule has 0 atom stereocenters. The molecule has 0 aromatic carbocycles. The van der Waals surface area contributed by atoms with Crippen molar-refractivity contribution in [3.63, 3.8) is 0 Å². The van der Waals surface area contributed by atoms with Crippen molar-refractivity contribution in [2.75, 3.05) is 18.1 Å². The second kappa shape index (κ2) is 6.09. The van der Waals surface area contributed by atoms with Gasteiger partial charge in [0.25, 0.3) is 0 Å². The number of hydrogen-bond acceptors (Lipinski definition) is 4. The lowest BCUT2D eigenvalue weighted by Gasteiger charge is -2.14. The lowest BCUT2D eigenvalue weighted by Crippen LogP contribution is -2.18. The average molecular weight is 232 g/mol. The zero-order chi connectivity index (χ0) is 11.9. The Morgan fingerprint density at radius 3 is 2.33 bits per heavy atom. The molecule has 0 bridgehead atoms. The van der Waals surface area contributed by atoms with Crippen molar-refractivity contribution in [2.24, 2.45) is 11.1 Å². The lowest BCUT2D eigenvalue weighted by molar-refractivity contribution is 0.431. The molecule has 2 N–H and O–H groups in total. The van der Waals surface area contributed by atoms with E-state index in [0.29, 0.717) is 6.42 Å². The molecular weight excluding hydrogens is 212 g/mol. The molecule has 0 saturated heterocycles. The zero-order valence-electron chi connectivity index (χ0n) is 9.49. The third kappa shape index (κ3) is 7.34. The van der Waals surface area contributed by atoms with Gasteiger partial charge in [-0.1, -0.05) is 6.42 Å². The van der Waals surface area contributed by atoms with E-state index in [9.17, 15) is 8.42 Å². The molecule has 0 aliphatic heterocycles. The van der Waals surface area contributed by atoms with Crippen LogP contribution >= 0.6 is 0 Å². The van der Waals surface area contributed by atoms with Crippen molar-refractivity contribution >= 4 is 9.84 Å². The van der Waals surface area contributed by atoms with E-state index in [2.05, 4.69) is 6.07 Å². The molecule has 0 rings (SSSR count). The summed E-state index contributed by atoms with van der Waals surface area (Å²) < 4.78 is 22.6. The van der Waals surface area contributed by atoms with E-state index >= 15 is 0 Å². The SMILES string of the molecule is CC(C)(C#N)CCCCS(=O)(=O)CCN. The Bertz CT molecular complexity index is 315. The highest BCUT2D eigenvalue weighted by Gasteiger charge is 2.16. The van der Waals surface area contributed by atoms with Gasteiger partial charge >= 0.3 is 0 Å². The van der Waals surface area contributed by atoms with Gasteiger partial charge in [0.1, 0.15) is 0 Å². The second-order valence-electron chi connectivity index (χ2n) is 4.39. The van der Waals surface area contributed by atoms with Crippen LogP contribution in [0, 0.1) is 16.7 Å². The van der Waals surface area contributed by atoms with Crippen LogP contribution in [-0.2, 0) is 9.84 Å². The Kier molecular flexibility index (Phi) is 5.84. The second-order valence-corrected chi connectivity index (χ2v) is 6.70. The fraction of sp³-hybridized carbons (Fsp3) is 0.900. The summed E-state index contributed by atoms with van der Waals surface area (Å²) in [5.74, 6) is 0.250. The molecule has 0 fully saturated rings. The number of sulfone groups is 1. The van der Waals surface area contributed by atoms with E-state index in [1.807, 2.05) is 13.8 Å². The van der Waals surface area contributed by atoms with Crippen LogP contribution in [0.4, 0.5) is 0 Å². The van der Waals surface area contributed by atoms with Gasteiger partial charge in [0.15, 0.2) is 9.84 Å². The highest BCUT2D eigenvalue weighted by Crippen LogP contribution is 2.21. The van der Waals surface area contributed by atoms with Gasteiger partial charge in [0, 0.05) is 6.54 Å². The monoisotopic (exact) mass is 232 g/mol. The summed E-state index contributed by atoms with van der Waals surface area (Å²) in [7, 11) is -2.96. The quantitative estimate of drug-likeness (QED) is 0.666. The van der Waals surface area contributed by atoms with Gasteiger partial charge in [-0.3, -0.25) is 0 Å². The van der Waals surface area contributed by atoms with Crippen LogP contribution in [0.2, 0.25) is 0 Å². The fourth-order valence-electron chi connectivity index (χ4n) is 1.23. The highest BCUT2D eigenvalue weighted by atomic mass is 32.2. The van der Waals surface area contributed by atoms with Crippen molar-refractivity contribution in [3.8, 4) is 6.07 Å². The van der Waals surface area contributed by atoms with Gasteiger partial charge in [-0.15, -0.1) is 0 Å². The first kappa shape index (κ1) is 14.4. The Morgan fingerprint density at radius 2 is 1.87 bits per heavy atom. The fourth-order valence-corrected chi connectivity index (χ4v) is 2.43. The standard InChI is InChI=1S/C10H20N2O2S/c1-10(2,9-12)5-3-4-7-15(13,14)8-6-11/h3-8,11H2,1-2H3. The van der Waals surface area contributed by atoms with Gasteiger partial charge < -0.3 is 5.73 Å². The molecule has 0 radical (unpaired) electrons. The summed E-state index contributed by atoms with van der Waals surface area (Å²) in [6.45, 7) is 3.91. The third-order valence-corrected chi connectivity index (χ3v) is 4.01. The van der Waals surface area contributed by atoms with E-state index in [1.54, 1.807) is 0 Å². The van der Waals surface area contributed by atoms with E-state index in [0.717, 1.165) is 12.8 Å². The molecule has 0 aromatic rings. The molecule has 0 aromatic heterocycles. The van der Waals surface area contributed by atoms with Gasteiger partial charge in [0.2, 0.25) is 0 Å². The number of hydrogen-bond donors (Lipinski definition) is 1. The maximum absolute atomic E-state index is 11.3. The van der Waals surface area contributed by atoms with Gasteiger partial charge in [-0.25, -0.2) is 8.42 Å². The molecule has 0 aliphatic carbocycles. The normalized spacial score (nSPS) is 12.4. The topological polar surface area (TPSA) is 84.0 Å². The summed E-state index contributed by atoms with van der Waals surface area (Å²) >= 11 is 0. The molecule has 0 aliphatic rings. The summed E-state index contributed by atoms with van der Waals surface area (Å²) in [6, 6.07) is 2.19. The number of nitriles is 1. The molecule has 0 unspecified atom stereocenters. The van der Waals surface area contributed by atoms with Crippen LogP contribution in [0.25, 0.3) is 0 Å². The zero-order valence-corrected chi connectivity index (χ0v) is 10.3. The van der Waals surface area contributed by atoms with Crippen molar-refractivity contribution in [1.29, 1.82) is 5.26 Å². The molecular formula is C10H20N2O2S. The first-order valence-electron chi connectivity index (χ1n) is 5.15. The van der Waals surface area contributed by atoms with Crippen LogP contribution in [0.15, 0.2) is 0 Å². The summed E-state index contributed by atoms with van der Waals surface area (Å²) in [6.07, 6.45) is 2.12. The minimum Gasteiger partial charge on any atom is -0.329 e. The van der Waals surface area contributed by atoms with Gasteiger partial charge in [-0.2, -0.15) is 5.26 Å². The number of unbranched alkanes of at least 4 members (excludes halogenated alkanes) is 1. The molecule has 4 nitrogen and oxygen atoms in total. The Morgan fingerprint density at radius 1 is 1.27 bits per heavy atom. The smallest absolute Gasteiger partial charge is 0.151 e. The Hall–Kier alpha value is -0.600. The third-order valence-electron chi connectivity index (χ3n) is 2.24. The van der Waals surface area contributed by atoms with Gasteiger partial charge in [0.05, 0.1) is 23.0 Å². The predicted molar refractivity (Wildman–Crippen MR) is 61.0 cm³/mol. The molecule has 0 amide bonds. The predicted octanol–water partition coefficient (Wildman–Crippen LogP) is 1.08. The van der Waals surface area contributed by atoms with Crippen LogP contribution in [0.5, 0.6) is 0 Å². The minimum atomic E-state index is -2.96. The van der Waals surface area contributed by atoms with Crippen LogP contribution in [0.3, 0.4) is 0 Å². The molecule has 0 spiro atoms.